The molecule has 0 saturated heterocycles. The molecule has 0 aliphatic carbocycles. The first-order valence-corrected chi connectivity index (χ1v) is 15.3. The molecule has 0 aromatic heterocycles. The third-order valence-electron chi connectivity index (χ3n) is 7.96. The Kier molecular flexibility index (Phi) is 9.02. The zero-order valence-corrected chi connectivity index (χ0v) is 26.8. The fraction of sp³-hybridized carbons (Fsp3) is 0.400. The highest BCUT2D eigenvalue weighted by Crippen LogP contribution is 2.25. The number of alkyl halides is 3. The third-order valence-corrected chi connectivity index (χ3v) is 9.64. The Morgan fingerprint density at radius 3 is 0.882 bits per heavy atom. The van der Waals surface area contributed by atoms with E-state index < -0.39 is 0 Å². The molecule has 0 heterocycles. The predicted octanol–water partition coefficient (Wildman–Crippen LogP) is 7.66. The van der Waals surface area contributed by atoms with E-state index in [1.54, 1.807) is 0 Å². The average Bonchev–Trinajstić information content (AvgIpc) is 2.78. The van der Waals surface area contributed by atoms with Gasteiger partial charge in [0, 0.05) is 16.0 Å². The van der Waals surface area contributed by atoms with E-state index in [0.29, 0.717) is 0 Å². The number of benzene rings is 3. The number of aryl methyl sites for hydroxylation is 6. The molecule has 0 atom stereocenters. The van der Waals surface area contributed by atoms with Crippen LogP contribution in [0.4, 0.5) is 0 Å². The molecule has 4 heteroatoms. The third kappa shape index (κ3) is 4.76. The van der Waals surface area contributed by atoms with Crippen molar-refractivity contribution in [2.45, 2.75) is 78.3 Å². The summed E-state index contributed by atoms with van der Waals surface area (Å²) in [4.78, 5) is 0. The molecule has 0 aliphatic rings. The van der Waals surface area contributed by atoms with Gasteiger partial charge in [-0.15, -0.1) is 0 Å². The molecule has 0 saturated carbocycles. The van der Waals surface area contributed by atoms with Gasteiger partial charge in [-0.1, -0.05) is 99.1 Å². The zero-order chi connectivity index (χ0) is 25.5. The highest BCUT2D eigenvalue weighted by Gasteiger charge is 2.34. The average molecular weight is 647 g/mol. The van der Waals surface area contributed by atoms with Crippen LogP contribution in [0.3, 0.4) is 0 Å². The van der Waals surface area contributed by atoms with Crippen LogP contribution in [-0.4, -0.2) is 6.71 Å². The van der Waals surface area contributed by atoms with Crippen LogP contribution in [-0.2, 0) is 16.0 Å². The molecular formula is C30H36BBr3. The monoisotopic (exact) mass is 644 g/mol. The van der Waals surface area contributed by atoms with Gasteiger partial charge in [0.05, 0.1) is 0 Å². The summed E-state index contributed by atoms with van der Waals surface area (Å²) in [6, 6.07) is 7.06. The molecule has 34 heavy (non-hydrogen) atoms. The summed E-state index contributed by atoms with van der Waals surface area (Å²) in [6.07, 6.45) is 0. The van der Waals surface area contributed by atoms with Crippen molar-refractivity contribution in [3.05, 3.63) is 85.0 Å². The van der Waals surface area contributed by atoms with Crippen molar-refractivity contribution in [2.75, 3.05) is 0 Å². The van der Waals surface area contributed by atoms with Crippen LogP contribution < -0.4 is 16.4 Å². The largest absolute Gasteiger partial charge is 0.243 e. The van der Waals surface area contributed by atoms with Gasteiger partial charge in [-0.3, -0.25) is 0 Å². The van der Waals surface area contributed by atoms with Crippen LogP contribution in [0.25, 0.3) is 0 Å². The normalized spacial score (nSPS) is 11.3. The Hall–Kier alpha value is -0.835. The van der Waals surface area contributed by atoms with Crippen LogP contribution >= 0.6 is 47.8 Å². The zero-order valence-electron chi connectivity index (χ0n) is 22.1. The summed E-state index contributed by atoms with van der Waals surface area (Å²) in [5, 5.41) is 2.56. The van der Waals surface area contributed by atoms with E-state index >= 15 is 0 Å². The first kappa shape index (κ1) is 27.7. The molecule has 180 valence electrons. The topological polar surface area (TPSA) is 0 Å². The Morgan fingerprint density at radius 1 is 0.441 bits per heavy atom. The van der Waals surface area contributed by atoms with Crippen molar-refractivity contribution in [3.8, 4) is 0 Å². The van der Waals surface area contributed by atoms with Crippen molar-refractivity contribution in [2.24, 2.45) is 0 Å². The number of rotatable bonds is 6. The standard InChI is InChI=1S/C30H36BBr3/c1-16-10-19(4)25(13-32)28(22(16)7)31(29-23(8)17(2)11-20(5)26(29)14-33)30-24(9)18(3)12-21(6)27(30)15-34/h10-12H,13-15H2,1-9H3. The lowest BCUT2D eigenvalue weighted by Gasteiger charge is -2.31. The number of hydrogen-bond donors (Lipinski definition) is 0. The first-order valence-electron chi connectivity index (χ1n) is 12.0. The second-order valence-corrected chi connectivity index (χ2v) is 11.6. The minimum absolute atomic E-state index is 0.170. The van der Waals surface area contributed by atoms with Crippen LogP contribution in [0.1, 0.15) is 66.8 Å². The number of halogens is 3. The van der Waals surface area contributed by atoms with Crippen molar-refractivity contribution < 1.29 is 0 Å². The molecule has 0 aliphatic heterocycles. The molecule has 3 rings (SSSR count). The Labute approximate surface area is 232 Å². The van der Waals surface area contributed by atoms with E-state index in [4.69, 9.17) is 0 Å². The van der Waals surface area contributed by atoms with Gasteiger partial charge in [-0.2, -0.15) is 0 Å². The van der Waals surface area contributed by atoms with E-state index in [2.05, 4.69) is 128 Å². The molecule has 0 nitrogen and oxygen atoms in total. The van der Waals surface area contributed by atoms with Gasteiger partial charge in [-0.25, -0.2) is 0 Å². The molecule has 0 bridgehead atoms. The minimum Gasteiger partial charge on any atom is -0.0876 e. The lowest BCUT2D eigenvalue weighted by Crippen LogP contribution is -2.59. The maximum atomic E-state index is 3.88. The van der Waals surface area contributed by atoms with Gasteiger partial charge >= 0.3 is 0 Å². The van der Waals surface area contributed by atoms with Gasteiger partial charge in [0.25, 0.3) is 0 Å². The molecule has 3 aromatic rings. The first-order chi connectivity index (χ1) is 16.0. The molecule has 0 radical (unpaired) electrons. The molecule has 0 N–H and O–H groups in total. The Bertz CT molecular complexity index is 1100. The van der Waals surface area contributed by atoms with E-state index in [-0.39, 0.29) is 6.71 Å². The molecule has 0 amide bonds. The van der Waals surface area contributed by atoms with Crippen molar-refractivity contribution in [1.82, 2.24) is 0 Å². The Morgan fingerprint density at radius 2 is 0.676 bits per heavy atom. The van der Waals surface area contributed by atoms with Crippen molar-refractivity contribution >= 4 is 70.9 Å². The second kappa shape index (κ2) is 11.1. The maximum Gasteiger partial charge on any atom is 0.243 e. The van der Waals surface area contributed by atoms with Gasteiger partial charge in [0.15, 0.2) is 0 Å². The van der Waals surface area contributed by atoms with Crippen LogP contribution in [0.5, 0.6) is 0 Å². The van der Waals surface area contributed by atoms with E-state index in [1.807, 2.05) is 0 Å². The Balaban J connectivity index is 2.68. The molecule has 0 unspecified atom stereocenters. The molecule has 3 aromatic carbocycles. The van der Waals surface area contributed by atoms with Crippen molar-refractivity contribution in [1.29, 1.82) is 0 Å². The SMILES string of the molecule is Cc1cc(C)c(CBr)c(B(c2c(C)c(C)cc(C)c2CBr)c2c(C)c(C)cc(C)c2CBr)c1C. The summed E-state index contributed by atoms with van der Waals surface area (Å²) in [6.45, 7) is 20.7. The summed E-state index contributed by atoms with van der Waals surface area (Å²) >= 11 is 11.6. The van der Waals surface area contributed by atoms with E-state index in [1.165, 1.54) is 83.1 Å². The van der Waals surface area contributed by atoms with Gasteiger partial charge in [0.1, 0.15) is 0 Å². The van der Waals surface area contributed by atoms with Crippen molar-refractivity contribution in [3.63, 3.8) is 0 Å². The van der Waals surface area contributed by atoms with Crippen LogP contribution in [0.15, 0.2) is 18.2 Å². The number of hydrogen-bond acceptors (Lipinski definition) is 0. The van der Waals surface area contributed by atoms with Gasteiger partial charge in [-0.05, 0) is 112 Å². The fourth-order valence-corrected chi connectivity index (χ4v) is 7.88. The predicted molar refractivity (Wildman–Crippen MR) is 165 cm³/mol. The quantitative estimate of drug-likeness (QED) is 0.191. The van der Waals surface area contributed by atoms with E-state index in [0.717, 1.165) is 16.0 Å². The second-order valence-electron chi connectivity index (χ2n) is 9.92. The summed E-state index contributed by atoms with van der Waals surface area (Å²) < 4.78 is 0. The van der Waals surface area contributed by atoms with Crippen LogP contribution in [0, 0.1) is 62.3 Å². The molecular weight excluding hydrogens is 611 g/mol. The molecule has 0 spiro atoms. The summed E-state index contributed by atoms with van der Waals surface area (Å²) in [5.41, 5.74) is 21.1. The maximum absolute atomic E-state index is 3.88. The minimum atomic E-state index is 0.170. The van der Waals surface area contributed by atoms with Gasteiger partial charge in [0.2, 0.25) is 6.71 Å². The highest BCUT2D eigenvalue weighted by atomic mass is 79.9. The summed E-state index contributed by atoms with van der Waals surface area (Å²) in [7, 11) is 0. The fourth-order valence-electron chi connectivity index (χ4n) is 5.65. The lowest BCUT2D eigenvalue weighted by molar-refractivity contribution is 1.23. The summed E-state index contributed by atoms with van der Waals surface area (Å²) in [5.74, 6) is 0. The molecule has 0 fully saturated rings. The van der Waals surface area contributed by atoms with Crippen LogP contribution in [0.2, 0.25) is 0 Å². The smallest absolute Gasteiger partial charge is 0.0876 e. The highest BCUT2D eigenvalue weighted by molar-refractivity contribution is 9.09. The lowest BCUT2D eigenvalue weighted by atomic mass is 9.32. The van der Waals surface area contributed by atoms with E-state index in [9.17, 15) is 0 Å². The van der Waals surface area contributed by atoms with Gasteiger partial charge < -0.3 is 0 Å².